The first-order chi connectivity index (χ1) is 37.8. The van der Waals surface area contributed by atoms with E-state index in [-0.39, 0.29) is 49.5 Å². The van der Waals surface area contributed by atoms with E-state index in [1.165, 1.54) is 35.6 Å². The number of thiazole rings is 1. The first kappa shape index (κ1) is 53.3. The molecule has 4 saturated heterocycles. The standard InChI is InChI=1S/C58H75FN10O8S/c1-34-48(45-30-75-33-61-45)49(34)54(70)63-51-53(67-16-12-37(59)29-67)55-62-46(31-78-55)36-8-11-47-41(25-36)43(27-58(3,4)32-77-57(72)44-7-6-15-69(64-44)56(51)71)52(68(47)21-24-76-40-13-22-74-23-14-40)42-26-39(28-60-50(42)35(2)73-5)66-19-17-65(18-20-66)38-9-10-38/h8,11,25-26,28,30-31,33-35,37-38,40,44,48-49,51,53,64H,6-7,9-10,12-24,27,29,32H2,1-5H3,(H,63,70)/t34-,35-,37-,44?,48-,49+,51-,53-/m0/s1. The smallest absolute Gasteiger partial charge is 0.324 e. The Bertz CT molecular complexity index is 2970. The first-order valence-corrected chi connectivity index (χ1v) is 29.3. The Morgan fingerprint density at radius 3 is 2.58 bits per heavy atom. The van der Waals surface area contributed by atoms with Gasteiger partial charge in [-0.3, -0.25) is 34.2 Å². The third-order valence-electron chi connectivity index (χ3n) is 17.6. The second-order valence-electron chi connectivity index (χ2n) is 23.6. The summed E-state index contributed by atoms with van der Waals surface area (Å²) in [5.41, 5.74) is 10.9. The maximum atomic E-state index is 15.5. The van der Waals surface area contributed by atoms with Gasteiger partial charge in [-0.15, -0.1) is 11.3 Å². The highest BCUT2D eigenvalue weighted by atomic mass is 32.1. The molecule has 20 heteroatoms. The van der Waals surface area contributed by atoms with Gasteiger partial charge in [0.2, 0.25) is 5.91 Å². The molecule has 7 aliphatic rings. The fraction of sp³-hybridized carbons (Fsp3) is 0.621. The van der Waals surface area contributed by atoms with Crippen molar-refractivity contribution < 1.29 is 42.1 Å². The third kappa shape index (κ3) is 10.9. The lowest BCUT2D eigenvalue weighted by Gasteiger charge is -2.39. The van der Waals surface area contributed by atoms with Crippen LogP contribution >= 0.6 is 11.3 Å². The number of anilines is 1. The predicted molar refractivity (Wildman–Crippen MR) is 292 cm³/mol. The molecule has 0 radical (unpaired) electrons. The van der Waals surface area contributed by atoms with Crippen LogP contribution < -0.4 is 15.6 Å². The number of hydrogen-bond donors (Lipinski definition) is 2. The first-order valence-electron chi connectivity index (χ1n) is 28.5. The number of halogens is 1. The number of methoxy groups -OCH3 is 1. The molecule has 9 heterocycles. The van der Waals surface area contributed by atoms with Crippen molar-refractivity contribution in [3.05, 3.63) is 70.5 Å². The molecule has 2 saturated carbocycles. The van der Waals surface area contributed by atoms with Gasteiger partial charge in [0.05, 0.1) is 66.1 Å². The average Bonchev–Trinajstić information content (AvgIpc) is 4.13. The highest BCUT2D eigenvalue weighted by Gasteiger charge is 2.55. The van der Waals surface area contributed by atoms with E-state index in [1.807, 2.05) is 30.3 Å². The summed E-state index contributed by atoms with van der Waals surface area (Å²) in [6.45, 7) is 15.4. The molecule has 6 bridgehead atoms. The Hall–Kier alpha value is -5.35. The number of alkyl halides is 1. The molecule has 1 unspecified atom stereocenters. The second-order valence-corrected chi connectivity index (χ2v) is 24.5. The van der Waals surface area contributed by atoms with Crippen LogP contribution in [0.5, 0.6) is 0 Å². The number of aromatic nitrogens is 4. The highest BCUT2D eigenvalue weighted by molar-refractivity contribution is 7.10. The molecule has 4 aromatic heterocycles. The fourth-order valence-electron chi connectivity index (χ4n) is 13.0. The molecule has 2 aliphatic carbocycles. The molecular weight excluding hydrogens is 1020 g/mol. The van der Waals surface area contributed by atoms with Crippen LogP contribution in [0.2, 0.25) is 0 Å². The average molecular weight is 1090 g/mol. The molecule has 5 aliphatic heterocycles. The van der Waals surface area contributed by atoms with Gasteiger partial charge < -0.3 is 38.1 Å². The number of esters is 1. The number of hydrogen-bond acceptors (Lipinski definition) is 16. The minimum absolute atomic E-state index is 0.0505. The van der Waals surface area contributed by atoms with Crippen molar-refractivity contribution in [3.63, 3.8) is 0 Å². The van der Waals surface area contributed by atoms with Crippen LogP contribution in [-0.4, -0.2) is 162 Å². The zero-order valence-corrected chi connectivity index (χ0v) is 46.5. The molecule has 2 amide bonds. The molecule has 6 fully saturated rings. The van der Waals surface area contributed by atoms with Crippen LogP contribution in [0.25, 0.3) is 33.4 Å². The molecule has 5 aromatic rings. The largest absolute Gasteiger partial charge is 0.464 e. The van der Waals surface area contributed by atoms with E-state index in [2.05, 4.69) is 68.2 Å². The van der Waals surface area contributed by atoms with Crippen molar-refractivity contribution in [2.75, 3.05) is 84.3 Å². The van der Waals surface area contributed by atoms with Crippen molar-refractivity contribution in [1.82, 2.24) is 45.1 Å². The number of piperazine rings is 1. The topological polar surface area (TPSA) is 182 Å². The maximum Gasteiger partial charge on any atom is 0.324 e. The van der Waals surface area contributed by atoms with E-state index < -0.39 is 47.5 Å². The van der Waals surface area contributed by atoms with E-state index in [4.69, 9.17) is 33.3 Å². The summed E-state index contributed by atoms with van der Waals surface area (Å²) in [7, 11) is 1.73. The Morgan fingerprint density at radius 1 is 1.01 bits per heavy atom. The van der Waals surface area contributed by atoms with Gasteiger partial charge in [0.15, 0.2) is 6.39 Å². The van der Waals surface area contributed by atoms with Gasteiger partial charge in [-0.25, -0.2) is 19.8 Å². The van der Waals surface area contributed by atoms with Crippen LogP contribution in [0, 0.1) is 17.3 Å². The quantitative estimate of drug-likeness (QED) is 0.113. The lowest BCUT2D eigenvalue weighted by molar-refractivity contribution is -0.156. The molecule has 2 N–H and O–H groups in total. The normalized spacial score (nSPS) is 27.9. The summed E-state index contributed by atoms with van der Waals surface area (Å²) in [4.78, 5) is 66.3. The Balaban J connectivity index is 0.995. The summed E-state index contributed by atoms with van der Waals surface area (Å²) in [5.74, 6) is -1.89. The number of hydrazine groups is 1. The number of amides is 2. The van der Waals surface area contributed by atoms with Gasteiger partial charge in [-0.1, -0.05) is 26.8 Å². The zero-order valence-electron chi connectivity index (χ0n) is 45.7. The van der Waals surface area contributed by atoms with Gasteiger partial charge >= 0.3 is 5.97 Å². The molecule has 8 atom stereocenters. The van der Waals surface area contributed by atoms with E-state index in [0.717, 1.165) is 83.7 Å². The SMILES string of the molecule is CO[C@@H](C)c1ncc(N2CCN(C3CC3)CC2)cc1-c1c2c3cc(ccc3n1CCOC1CCOCC1)-c1csc(n1)[C@@H](N1CC[C@H](F)C1)[C@H](NC(=O)[C@@H]1[C@@H](C)[C@H]1c1cocn1)C(=O)N1CCCC(N1)C(=O)OCC(C)(C)C2. The van der Waals surface area contributed by atoms with Gasteiger partial charge in [-0.05, 0) is 88.0 Å². The Kier molecular flexibility index (Phi) is 15.2. The van der Waals surface area contributed by atoms with Gasteiger partial charge in [-0.2, -0.15) is 0 Å². The number of ether oxygens (including phenoxy) is 4. The molecule has 418 valence electrons. The number of likely N-dealkylation sites (tertiary alicyclic amines) is 1. The number of carbonyl (C=O) groups excluding carboxylic acids is 3. The van der Waals surface area contributed by atoms with Crippen LogP contribution in [0.3, 0.4) is 0 Å². The lowest BCUT2D eigenvalue weighted by Crippen LogP contribution is -2.62. The van der Waals surface area contributed by atoms with E-state index in [0.29, 0.717) is 81.2 Å². The van der Waals surface area contributed by atoms with Gasteiger partial charge in [0, 0.05) is 123 Å². The van der Waals surface area contributed by atoms with Crippen LogP contribution in [-0.2, 0) is 46.3 Å². The van der Waals surface area contributed by atoms with Crippen molar-refractivity contribution in [2.24, 2.45) is 17.3 Å². The van der Waals surface area contributed by atoms with Crippen molar-refractivity contribution >= 4 is 45.7 Å². The van der Waals surface area contributed by atoms with Gasteiger partial charge in [0.1, 0.15) is 29.5 Å². The van der Waals surface area contributed by atoms with Crippen molar-refractivity contribution in [2.45, 2.75) is 134 Å². The number of rotatable bonds is 13. The summed E-state index contributed by atoms with van der Waals surface area (Å²) in [6, 6.07) is 6.68. The molecule has 0 spiro atoms. The van der Waals surface area contributed by atoms with Crippen LogP contribution in [0.4, 0.5) is 10.1 Å². The molecule has 12 rings (SSSR count). The second kappa shape index (κ2) is 22.3. The number of nitrogens with one attached hydrogen (secondary N) is 2. The summed E-state index contributed by atoms with van der Waals surface area (Å²) < 4.78 is 48.0. The number of carbonyl (C=O) groups is 3. The van der Waals surface area contributed by atoms with E-state index in [1.54, 1.807) is 13.4 Å². The summed E-state index contributed by atoms with van der Waals surface area (Å²) >= 11 is 1.40. The molecule has 1 aromatic carbocycles. The molecule has 18 nitrogen and oxygen atoms in total. The monoisotopic (exact) mass is 1090 g/mol. The number of oxazole rings is 1. The number of nitrogens with zero attached hydrogens (tertiary/aromatic N) is 8. The Labute approximate surface area is 459 Å². The van der Waals surface area contributed by atoms with Crippen molar-refractivity contribution in [1.29, 1.82) is 0 Å². The third-order valence-corrected chi connectivity index (χ3v) is 18.5. The highest BCUT2D eigenvalue weighted by Crippen LogP contribution is 2.53. The number of cyclic esters (lactones) is 1. The zero-order chi connectivity index (χ0) is 53.8. The minimum atomic E-state index is -1.18. The van der Waals surface area contributed by atoms with Gasteiger partial charge in [0.25, 0.3) is 5.91 Å². The lowest BCUT2D eigenvalue weighted by atomic mass is 9.84. The summed E-state index contributed by atoms with van der Waals surface area (Å²) in [6.07, 6.45) is 9.60. The predicted octanol–water partition coefficient (Wildman–Crippen LogP) is 7.24. The number of fused-ring (bicyclic) bond motifs is 6. The Morgan fingerprint density at radius 2 is 1.83 bits per heavy atom. The van der Waals surface area contributed by atoms with Crippen LogP contribution in [0.15, 0.2) is 52.9 Å². The van der Waals surface area contributed by atoms with Crippen molar-refractivity contribution in [3.8, 4) is 22.5 Å². The van der Waals surface area contributed by atoms with E-state index >= 15 is 9.18 Å². The summed E-state index contributed by atoms with van der Waals surface area (Å²) in [5, 5.41) is 8.25. The molecule has 78 heavy (non-hydrogen) atoms. The number of benzene rings is 1. The molecular formula is C58H75FN10O8S. The van der Waals surface area contributed by atoms with Crippen LogP contribution in [0.1, 0.15) is 113 Å². The van der Waals surface area contributed by atoms with E-state index in [9.17, 15) is 9.59 Å². The minimum Gasteiger partial charge on any atom is -0.464 e. The maximum absolute atomic E-state index is 15.5. The number of pyridine rings is 1. The fourth-order valence-corrected chi connectivity index (χ4v) is 14.0.